The maximum absolute atomic E-state index is 5.75. The van der Waals surface area contributed by atoms with E-state index in [0.717, 1.165) is 11.8 Å². The van der Waals surface area contributed by atoms with E-state index in [1.165, 1.54) is 0 Å². The van der Waals surface area contributed by atoms with Gasteiger partial charge in [0, 0.05) is 5.54 Å². The second-order valence-electron chi connectivity index (χ2n) is 2.94. The Morgan fingerprint density at radius 2 is 1.43 bits per heavy atom. The van der Waals surface area contributed by atoms with Crippen molar-refractivity contribution in [3.63, 3.8) is 0 Å². The van der Waals surface area contributed by atoms with E-state index in [0.29, 0.717) is 0 Å². The number of hydrogen-bond acceptors (Lipinski definition) is 1. The lowest BCUT2D eigenvalue weighted by molar-refractivity contribution is 0.664. The molecule has 0 radical (unpaired) electrons. The van der Waals surface area contributed by atoms with Crippen molar-refractivity contribution in [3.05, 3.63) is 0 Å². The van der Waals surface area contributed by atoms with Crippen LogP contribution in [0.1, 0.15) is 20.8 Å². The molecule has 0 aliphatic heterocycles. The van der Waals surface area contributed by atoms with Gasteiger partial charge in [-0.1, -0.05) is 13.8 Å². The van der Waals surface area contributed by atoms with Crippen molar-refractivity contribution < 1.29 is 0 Å². The molecule has 2 atom stereocenters. The van der Waals surface area contributed by atoms with Crippen molar-refractivity contribution in [2.45, 2.75) is 26.3 Å². The van der Waals surface area contributed by atoms with Crippen LogP contribution < -0.4 is 5.73 Å². The molecule has 2 N–H and O–H groups in total. The molecule has 1 nitrogen and oxygen atoms in total. The molecule has 0 aromatic carbocycles. The Hall–Kier alpha value is -0.0400. The lowest BCUT2D eigenvalue weighted by Crippen LogP contribution is -2.20. The zero-order valence-corrected chi connectivity index (χ0v) is 5.23. The first-order valence-electron chi connectivity index (χ1n) is 2.85. The minimum Gasteiger partial charge on any atom is -0.325 e. The lowest BCUT2D eigenvalue weighted by atomic mass is 10.3. The molecular formula is C6H13N. The predicted molar refractivity (Wildman–Crippen MR) is 30.9 cm³/mol. The standard InChI is InChI=1S/C6H13N/c1-4-5(2)6(4,3)7/h4-5H,7H2,1-3H3. The van der Waals surface area contributed by atoms with Crippen LogP contribution in [0, 0.1) is 11.8 Å². The van der Waals surface area contributed by atoms with Crippen molar-refractivity contribution in [2.75, 3.05) is 0 Å². The first kappa shape index (κ1) is 5.10. The molecule has 1 aliphatic carbocycles. The Kier molecular flexibility index (Phi) is 0.747. The van der Waals surface area contributed by atoms with Crippen LogP contribution in [0.25, 0.3) is 0 Å². The monoisotopic (exact) mass is 99.1 g/mol. The van der Waals surface area contributed by atoms with E-state index in [1.807, 2.05) is 0 Å². The third-order valence-electron chi connectivity index (χ3n) is 2.60. The molecule has 0 saturated heterocycles. The number of nitrogens with two attached hydrogens (primary N) is 1. The van der Waals surface area contributed by atoms with Crippen LogP contribution in [0.15, 0.2) is 0 Å². The van der Waals surface area contributed by atoms with E-state index in [9.17, 15) is 0 Å². The Balaban J connectivity index is 2.52. The summed E-state index contributed by atoms with van der Waals surface area (Å²) in [7, 11) is 0. The van der Waals surface area contributed by atoms with E-state index in [2.05, 4.69) is 20.8 Å². The maximum atomic E-state index is 5.75. The van der Waals surface area contributed by atoms with Crippen molar-refractivity contribution in [3.8, 4) is 0 Å². The third kappa shape index (κ3) is 0.480. The van der Waals surface area contributed by atoms with E-state index in [4.69, 9.17) is 5.73 Å². The van der Waals surface area contributed by atoms with E-state index in [-0.39, 0.29) is 5.54 Å². The Morgan fingerprint density at radius 1 is 1.29 bits per heavy atom. The molecule has 0 amide bonds. The summed E-state index contributed by atoms with van der Waals surface area (Å²) in [6.45, 7) is 6.51. The van der Waals surface area contributed by atoms with Crippen LogP contribution in [-0.4, -0.2) is 5.54 Å². The minimum absolute atomic E-state index is 0.167. The van der Waals surface area contributed by atoms with Crippen LogP contribution >= 0.6 is 0 Å². The Labute approximate surface area is 44.9 Å². The quantitative estimate of drug-likeness (QED) is 0.481. The van der Waals surface area contributed by atoms with Crippen LogP contribution in [0.5, 0.6) is 0 Å². The molecule has 0 aromatic rings. The molecular weight excluding hydrogens is 86.1 g/mol. The van der Waals surface area contributed by atoms with Gasteiger partial charge in [-0.3, -0.25) is 0 Å². The van der Waals surface area contributed by atoms with Gasteiger partial charge in [0.25, 0.3) is 0 Å². The molecule has 1 fully saturated rings. The highest BCUT2D eigenvalue weighted by Gasteiger charge is 2.51. The first-order valence-corrected chi connectivity index (χ1v) is 2.85. The van der Waals surface area contributed by atoms with Crippen molar-refractivity contribution in [1.82, 2.24) is 0 Å². The summed E-state index contributed by atoms with van der Waals surface area (Å²) in [5.74, 6) is 1.49. The van der Waals surface area contributed by atoms with E-state index in [1.54, 1.807) is 0 Å². The fourth-order valence-electron chi connectivity index (χ4n) is 1.02. The van der Waals surface area contributed by atoms with Crippen molar-refractivity contribution >= 4 is 0 Å². The summed E-state index contributed by atoms with van der Waals surface area (Å²) in [5, 5.41) is 0. The SMILES string of the molecule is CC1C(C)C1(C)N. The Bertz CT molecular complexity index is 76.2. The molecule has 1 heteroatoms. The molecule has 0 heterocycles. The van der Waals surface area contributed by atoms with Gasteiger partial charge < -0.3 is 5.73 Å². The first-order chi connectivity index (χ1) is 3.07. The largest absolute Gasteiger partial charge is 0.325 e. The summed E-state index contributed by atoms with van der Waals surface area (Å²) in [4.78, 5) is 0. The van der Waals surface area contributed by atoms with Crippen LogP contribution in [0.4, 0.5) is 0 Å². The fraction of sp³-hybridized carbons (Fsp3) is 1.00. The predicted octanol–water partition coefficient (Wildman–Crippen LogP) is 0.990. The molecule has 0 bridgehead atoms. The van der Waals surface area contributed by atoms with E-state index < -0.39 is 0 Å². The minimum atomic E-state index is 0.167. The normalized spacial score (nSPS) is 60.0. The van der Waals surface area contributed by atoms with Gasteiger partial charge in [-0.25, -0.2) is 0 Å². The van der Waals surface area contributed by atoms with Crippen LogP contribution in [0.2, 0.25) is 0 Å². The summed E-state index contributed by atoms with van der Waals surface area (Å²) >= 11 is 0. The zero-order valence-electron chi connectivity index (χ0n) is 5.23. The molecule has 1 rings (SSSR count). The van der Waals surface area contributed by atoms with Crippen molar-refractivity contribution in [2.24, 2.45) is 17.6 Å². The molecule has 1 saturated carbocycles. The van der Waals surface area contributed by atoms with Crippen LogP contribution in [0.3, 0.4) is 0 Å². The molecule has 7 heavy (non-hydrogen) atoms. The molecule has 0 spiro atoms. The van der Waals surface area contributed by atoms with E-state index >= 15 is 0 Å². The summed E-state index contributed by atoms with van der Waals surface area (Å²) in [6, 6.07) is 0. The summed E-state index contributed by atoms with van der Waals surface area (Å²) < 4.78 is 0. The molecule has 0 aromatic heterocycles. The third-order valence-corrected chi connectivity index (χ3v) is 2.60. The van der Waals surface area contributed by atoms with Gasteiger partial charge in [0.15, 0.2) is 0 Å². The average Bonchev–Trinajstić information content (AvgIpc) is 1.91. The molecule has 1 aliphatic rings. The second kappa shape index (κ2) is 1.03. The van der Waals surface area contributed by atoms with Gasteiger partial charge in [0.2, 0.25) is 0 Å². The average molecular weight is 99.2 g/mol. The topological polar surface area (TPSA) is 26.0 Å². The summed E-state index contributed by atoms with van der Waals surface area (Å²) in [6.07, 6.45) is 0. The van der Waals surface area contributed by atoms with Crippen molar-refractivity contribution in [1.29, 1.82) is 0 Å². The second-order valence-corrected chi connectivity index (χ2v) is 2.94. The van der Waals surface area contributed by atoms with Gasteiger partial charge in [-0.15, -0.1) is 0 Å². The summed E-state index contributed by atoms with van der Waals surface area (Å²) in [5.41, 5.74) is 5.92. The maximum Gasteiger partial charge on any atom is 0.0184 e. The molecule has 42 valence electrons. The lowest BCUT2D eigenvalue weighted by Gasteiger charge is -1.95. The zero-order chi connectivity index (χ0) is 5.65. The van der Waals surface area contributed by atoms with Gasteiger partial charge in [-0.2, -0.15) is 0 Å². The number of rotatable bonds is 0. The number of hydrogen-bond donors (Lipinski definition) is 1. The van der Waals surface area contributed by atoms with Crippen LogP contribution in [-0.2, 0) is 0 Å². The fourth-order valence-corrected chi connectivity index (χ4v) is 1.02. The highest BCUT2D eigenvalue weighted by Crippen LogP contribution is 2.46. The van der Waals surface area contributed by atoms with Gasteiger partial charge in [-0.05, 0) is 18.8 Å². The Morgan fingerprint density at radius 3 is 1.43 bits per heavy atom. The van der Waals surface area contributed by atoms with Gasteiger partial charge in [0.05, 0.1) is 0 Å². The smallest absolute Gasteiger partial charge is 0.0184 e. The van der Waals surface area contributed by atoms with Gasteiger partial charge >= 0.3 is 0 Å². The molecule has 2 unspecified atom stereocenters. The highest BCUT2D eigenvalue weighted by atomic mass is 14.9. The highest BCUT2D eigenvalue weighted by molar-refractivity contribution is 5.08. The van der Waals surface area contributed by atoms with Gasteiger partial charge in [0.1, 0.15) is 0 Å².